The van der Waals surface area contributed by atoms with Crippen LogP contribution in [0.5, 0.6) is 0 Å². The van der Waals surface area contributed by atoms with Gasteiger partial charge >= 0.3 is 0 Å². The standard InChI is InChI=1S/C19H20N6S2/c1-25(13-8-11-2-3-12(9-13)22-11)19-24-18-17(27-19)23-16(26-18)15-14-10(4-6-20-14)5-7-21-15/h4-7,11-13,20,22H,2-3,8-9H2,1H3/t11-,12+,13?. The van der Waals surface area contributed by atoms with Crippen molar-refractivity contribution in [2.45, 2.75) is 43.8 Å². The molecule has 6 nitrogen and oxygen atoms in total. The predicted octanol–water partition coefficient (Wildman–Crippen LogP) is 4.02. The average molecular weight is 397 g/mol. The molecule has 0 aliphatic carbocycles. The predicted molar refractivity (Wildman–Crippen MR) is 112 cm³/mol. The van der Waals surface area contributed by atoms with Gasteiger partial charge < -0.3 is 15.2 Å². The van der Waals surface area contributed by atoms with Crippen LogP contribution in [0.4, 0.5) is 5.13 Å². The van der Waals surface area contributed by atoms with E-state index >= 15 is 0 Å². The minimum absolute atomic E-state index is 0.581. The third-order valence-corrected chi connectivity index (χ3v) is 8.06. The van der Waals surface area contributed by atoms with Crippen LogP contribution in [0.2, 0.25) is 0 Å². The number of aromatic amines is 1. The molecule has 2 fully saturated rings. The molecule has 2 saturated heterocycles. The van der Waals surface area contributed by atoms with Crippen LogP contribution in [0.3, 0.4) is 0 Å². The fraction of sp³-hybridized carbons (Fsp3) is 0.421. The Labute approximate surface area is 164 Å². The molecule has 0 spiro atoms. The van der Waals surface area contributed by atoms with Crippen molar-refractivity contribution in [2.75, 3.05) is 11.9 Å². The van der Waals surface area contributed by atoms with E-state index in [-0.39, 0.29) is 0 Å². The molecule has 0 saturated carbocycles. The molecule has 4 aromatic rings. The number of fused-ring (bicyclic) bond motifs is 4. The van der Waals surface area contributed by atoms with Gasteiger partial charge in [-0.25, -0.2) is 9.97 Å². The highest BCUT2D eigenvalue weighted by molar-refractivity contribution is 7.29. The van der Waals surface area contributed by atoms with Crippen LogP contribution in [-0.2, 0) is 0 Å². The lowest BCUT2D eigenvalue weighted by Gasteiger charge is -2.35. The highest BCUT2D eigenvalue weighted by Crippen LogP contribution is 2.39. The van der Waals surface area contributed by atoms with Crippen molar-refractivity contribution in [2.24, 2.45) is 0 Å². The summed E-state index contributed by atoms with van der Waals surface area (Å²) in [5, 5.41) is 6.91. The van der Waals surface area contributed by atoms with Crippen LogP contribution in [0.25, 0.3) is 31.3 Å². The number of piperidine rings is 1. The van der Waals surface area contributed by atoms with Gasteiger partial charge in [-0.15, -0.1) is 0 Å². The molecular weight excluding hydrogens is 376 g/mol. The SMILES string of the molecule is CN(c1nc2sc(-c3nccc4cc[nH]c34)nc2s1)C1C[C@H]2CC[C@@H](C1)N2. The van der Waals surface area contributed by atoms with E-state index in [4.69, 9.17) is 9.97 Å². The van der Waals surface area contributed by atoms with E-state index in [9.17, 15) is 0 Å². The largest absolute Gasteiger partial charge is 0.359 e. The van der Waals surface area contributed by atoms with Gasteiger partial charge in [-0.05, 0) is 37.8 Å². The Morgan fingerprint density at radius 3 is 2.70 bits per heavy atom. The number of anilines is 1. The number of nitrogens with one attached hydrogen (secondary N) is 2. The first kappa shape index (κ1) is 16.0. The highest BCUT2D eigenvalue weighted by atomic mass is 32.1. The molecule has 0 amide bonds. The molecule has 138 valence electrons. The van der Waals surface area contributed by atoms with Crippen molar-refractivity contribution in [1.29, 1.82) is 0 Å². The Hall–Kier alpha value is -2.03. The summed E-state index contributed by atoms with van der Waals surface area (Å²) in [6.07, 6.45) is 8.88. The van der Waals surface area contributed by atoms with E-state index in [0.717, 1.165) is 36.4 Å². The number of H-pyrrole nitrogens is 1. The second-order valence-corrected chi connectivity index (χ2v) is 9.53. The summed E-state index contributed by atoms with van der Waals surface area (Å²) in [5.41, 5.74) is 1.96. The molecule has 8 heteroatoms. The van der Waals surface area contributed by atoms with Gasteiger partial charge in [-0.3, -0.25) is 4.98 Å². The Morgan fingerprint density at radius 2 is 1.89 bits per heavy atom. The third kappa shape index (κ3) is 2.58. The minimum atomic E-state index is 0.581. The van der Waals surface area contributed by atoms with Crippen LogP contribution < -0.4 is 10.2 Å². The van der Waals surface area contributed by atoms with Crippen molar-refractivity contribution in [3.8, 4) is 10.7 Å². The molecule has 1 unspecified atom stereocenters. The van der Waals surface area contributed by atoms with E-state index in [0.29, 0.717) is 18.1 Å². The van der Waals surface area contributed by atoms with E-state index in [1.54, 1.807) is 22.7 Å². The topological polar surface area (TPSA) is 69.7 Å². The Kier molecular flexibility index (Phi) is 3.54. The lowest BCUT2D eigenvalue weighted by atomic mass is 9.99. The zero-order valence-electron chi connectivity index (χ0n) is 15.0. The van der Waals surface area contributed by atoms with Crippen molar-refractivity contribution in [3.63, 3.8) is 0 Å². The van der Waals surface area contributed by atoms with Crippen LogP contribution >= 0.6 is 22.7 Å². The summed E-state index contributed by atoms with van der Waals surface area (Å²) in [6, 6.07) is 6.04. The molecule has 27 heavy (non-hydrogen) atoms. The van der Waals surface area contributed by atoms with Crippen LogP contribution in [0.1, 0.15) is 25.7 Å². The monoisotopic (exact) mass is 396 g/mol. The molecule has 2 aliphatic rings. The van der Waals surface area contributed by atoms with Gasteiger partial charge in [0, 0.05) is 43.0 Å². The summed E-state index contributed by atoms with van der Waals surface area (Å²) in [5.74, 6) is 0. The summed E-state index contributed by atoms with van der Waals surface area (Å²) in [4.78, 5) is 22.0. The molecule has 2 aliphatic heterocycles. The Balaban J connectivity index is 1.32. The Morgan fingerprint density at radius 1 is 1.07 bits per heavy atom. The smallest absolute Gasteiger partial charge is 0.188 e. The van der Waals surface area contributed by atoms with Gasteiger partial charge in [-0.1, -0.05) is 22.7 Å². The number of pyridine rings is 1. The normalized spacial score (nSPS) is 24.9. The van der Waals surface area contributed by atoms with Gasteiger partial charge in [0.05, 0.1) is 5.52 Å². The number of aromatic nitrogens is 4. The highest BCUT2D eigenvalue weighted by Gasteiger charge is 2.36. The lowest BCUT2D eigenvalue weighted by molar-refractivity contribution is 0.354. The van der Waals surface area contributed by atoms with E-state index in [2.05, 4.69) is 33.3 Å². The first-order chi connectivity index (χ1) is 13.2. The van der Waals surface area contributed by atoms with Crippen LogP contribution in [0, 0.1) is 0 Å². The second-order valence-electron chi connectivity index (χ2n) is 7.60. The van der Waals surface area contributed by atoms with E-state index in [1.807, 2.05) is 18.5 Å². The van der Waals surface area contributed by atoms with Crippen molar-refractivity contribution in [3.05, 3.63) is 24.5 Å². The van der Waals surface area contributed by atoms with Gasteiger partial charge in [0.2, 0.25) is 0 Å². The maximum Gasteiger partial charge on any atom is 0.188 e. The summed E-state index contributed by atoms with van der Waals surface area (Å²) >= 11 is 3.33. The molecule has 2 N–H and O–H groups in total. The number of nitrogens with zero attached hydrogens (tertiary/aromatic N) is 4. The fourth-order valence-corrected chi connectivity index (χ4v) is 6.60. The summed E-state index contributed by atoms with van der Waals surface area (Å²) in [7, 11) is 2.19. The molecule has 2 bridgehead atoms. The number of hydrogen-bond donors (Lipinski definition) is 2. The van der Waals surface area contributed by atoms with E-state index in [1.165, 1.54) is 25.7 Å². The number of thiazole rings is 2. The van der Waals surface area contributed by atoms with E-state index < -0.39 is 0 Å². The minimum Gasteiger partial charge on any atom is -0.359 e. The average Bonchev–Trinajstić information content (AvgIpc) is 3.43. The maximum absolute atomic E-state index is 4.91. The molecule has 0 radical (unpaired) electrons. The molecule has 3 atom stereocenters. The van der Waals surface area contributed by atoms with Gasteiger partial charge in [0.25, 0.3) is 0 Å². The quantitative estimate of drug-likeness (QED) is 0.547. The first-order valence-electron chi connectivity index (χ1n) is 9.43. The van der Waals surface area contributed by atoms with Gasteiger partial charge in [-0.2, -0.15) is 0 Å². The molecule has 6 rings (SSSR count). The van der Waals surface area contributed by atoms with Crippen LogP contribution in [0.15, 0.2) is 24.5 Å². The fourth-order valence-electron chi connectivity index (χ4n) is 4.53. The second kappa shape index (κ2) is 5.98. The maximum atomic E-state index is 4.91. The molecule has 6 heterocycles. The zero-order valence-corrected chi connectivity index (χ0v) is 16.6. The van der Waals surface area contributed by atoms with Crippen LogP contribution in [-0.4, -0.2) is 45.1 Å². The summed E-state index contributed by atoms with van der Waals surface area (Å²) in [6.45, 7) is 0. The zero-order chi connectivity index (χ0) is 18.0. The third-order valence-electron chi connectivity index (χ3n) is 5.94. The number of rotatable bonds is 3. The molecule has 4 aromatic heterocycles. The Bertz CT molecular complexity index is 1080. The van der Waals surface area contributed by atoms with Crippen molar-refractivity contribution < 1.29 is 0 Å². The first-order valence-corrected chi connectivity index (χ1v) is 11.1. The van der Waals surface area contributed by atoms with Gasteiger partial charge in [0.1, 0.15) is 10.7 Å². The lowest BCUT2D eigenvalue weighted by Crippen LogP contribution is -2.47. The molecule has 0 aromatic carbocycles. The number of hydrogen-bond acceptors (Lipinski definition) is 7. The van der Waals surface area contributed by atoms with Crippen molar-refractivity contribution >= 4 is 48.4 Å². The van der Waals surface area contributed by atoms with Gasteiger partial charge in [0.15, 0.2) is 14.8 Å². The summed E-state index contributed by atoms with van der Waals surface area (Å²) < 4.78 is 0. The van der Waals surface area contributed by atoms with Crippen molar-refractivity contribution in [1.82, 2.24) is 25.3 Å². The molecular formula is C19H20N6S2.